The Morgan fingerprint density at radius 3 is 2.06 bits per heavy atom. The molecule has 0 unspecified atom stereocenters. The van der Waals surface area contributed by atoms with E-state index in [-0.39, 0.29) is 11.3 Å². The Morgan fingerprint density at radius 2 is 1.35 bits per heavy atom. The molecule has 34 heavy (non-hydrogen) atoms. The summed E-state index contributed by atoms with van der Waals surface area (Å²) in [5.41, 5.74) is 1.58. The predicted octanol–water partition coefficient (Wildman–Crippen LogP) is 8.25. The van der Waals surface area contributed by atoms with Gasteiger partial charge in [-0.3, -0.25) is 4.79 Å². The van der Waals surface area contributed by atoms with E-state index in [4.69, 9.17) is 0 Å². The number of Topliss-reactive ketones (excluding diaryl/α,β-unsaturated/α-hetero) is 1. The topological polar surface area (TPSA) is 17.1 Å². The monoisotopic (exact) mass is 478 g/mol. The molecule has 188 valence electrons. The van der Waals surface area contributed by atoms with Crippen LogP contribution in [0.5, 0.6) is 0 Å². The van der Waals surface area contributed by atoms with Gasteiger partial charge in [0.25, 0.3) is 0 Å². The average molecular weight is 479 g/mol. The van der Waals surface area contributed by atoms with Crippen LogP contribution in [0.2, 0.25) is 19.1 Å². The van der Waals surface area contributed by atoms with Crippen LogP contribution in [0.3, 0.4) is 0 Å². The highest BCUT2D eigenvalue weighted by Gasteiger charge is 2.66. The zero-order valence-corrected chi connectivity index (χ0v) is 24.2. The zero-order chi connectivity index (χ0) is 24.6. The third-order valence-electron chi connectivity index (χ3n) is 12.5. The molecule has 0 amide bonds. The molecular weight excluding hydrogens is 428 g/mol. The van der Waals surface area contributed by atoms with Gasteiger partial charge in [0.05, 0.1) is 8.07 Å². The van der Waals surface area contributed by atoms with Crippen molar-refractivity contribution in [3.63, 3.8) is 0 Å². The highest BCUT2D eigenvalue weighted by molar-refractivity contribution is 6.90. The molecule has 0 aliphatic heterocycles. The lowest BCUT2D eigenvalue weighted by Crippen LogP contribution is -2.64. The Balaban J connectivity index is 1.48. The molecule has 0 N–H and O–H groups in total. The summed E-state index contributed by atoms with van der Waals surface area (Å²) in [6.45, 7) is 18.1. The molecule has 2 heteroatoms. The van der Waals surface area contributed by atoms with E-state index < -0.39 is 8.07 Å². The van der Waals surface area contributed by atoms with E-state index in [0.717, 1.165) is 30.7 Å². The largest absolute Gasteiger partial charge is 0.299 e. The molecule has 0 aromatic heterocycles. The van der Waals surface area contributed by atoms with Crippen molar-refractivity contribution < 1.29 is 4.79 Å². The minimum absolute atomic E-state index is 0.188. The third kappa shape index (κ3) is 3.55. The van der Waals surface area contributed by atoms with Gasteiger partial charge in [-0.05, 0) is 90.4 Å². The Labute approximate surface area is 210 Å². The van der Waals surface area contributed by atoms with Gasteiger partial charge in [-0.15, -0.1) is 0 Å². The first-order valence-electron chi connectivity index (χ1n) is 14.4. The van der Waals surface area contributed by atoms with Crippen molar-refractivity contribution in [2.75, 3.05) is 0 Å². The number of ketones is 1. The minimum Gasteiger partial charge on any atom is -0.299 e. The molecule has 5 rings (SSSR count). The third-order valence-corrected chi connectivity index (χ3v) is 15.9. The molecule has 0 spiro atoms. The standard InChI is InChI=1S/C32H50OSi/c1-29(2)18-11-19-31(4)26(29)16-21-32(5)27-15-14-25(33)24(30(27,3)20-17-28(31)32)22-34(6,7)23-12-9-8-10-13-23/h8-10,12-13,24,26-28H,11,14-22H2,1-7H3/t24-,26-,27+,28+,30+,31-,32-/m0/s1. The lowest BCUT2D eigenvalue weighted by Gasteiger charge is -2.70. The fourth-order valence-electron chi connectivity index (χ4n) is 10.9. The second-order valence-electron chi connectivity index (χ2n) is 15.1. The van der Waals surface area contributed by atoms with Crippen molar-refractivity contribution in [1.82, 2.24) is 0 Å². The Hall–Kier alpha value is -0.893. The van der Waals surface area contributed by atoms with E-state index in [0.29, 0.717) is 27.9 Å². The van der Waals surface area contributed by atoms with Gasteiger partial charge in [-0.25, -0.2) is 0 Å². The second kappa shape index (κ2) is 8.05. The molecule has 0 bridgehead atoms. The van der Waals surface area contributed by atoms with Gasteiger partial charge in [-0.1, -0.05) is 89.7 Å². The van der Waals surface area contributed by atoms with Crippen molar-refractivity contribution in [3.8, 4) is 0 Å². The maximum atomic E-state index is 13.6. The van der Waals surface area contributed by atoms with Crippen LogP contribution < -0.4 is 5.19 Å². The smallest absolute Gasteiger partial charge is 0.136 e. The summed E-state index contributed by atoms with van der Waals surface area (Å²) in [6, 6.07) is 12.3. The van der Waals surface area contributed by atoms with Gasteiger partial charge in [0.1, 0.15) is 5.78 Å². The fraction of sp³-hybridized carbons (Fsp3) is 0.781. The maximum Gasteiger partial charge on any atom is 0.136 e. The summed E-state index contributed by atoms with van der Waals surface area (Å²) in [7, 11) is -1.68. The summed E-state index contributed by atoms with van der Waals surface area (Å²) in [4.78, 5) is 13.6. The minimum atomic E-state index is -1.68. The number of benzene rings is 1. The van der Waals surface area contributed by atoms with Crippen LogP contribution in [0, 0.1) is 45.3 Å². The summed E-state index contributed by atoms with van der Waals surface area (Å²) in [5.74, 6) is 3.28. The van der Waals surface area contributed by atoms with Crippen molar-refractivity contribution in [2.24, 2.45) is 45.3 Å². The molecule has 0 heterocycles. The molecule has 4 saturated carbocycles. The number of hydrogen-bond donors (Lipinski definition) is 0. The number of carbonyl (C=O) groups excluding carboxylic acids is 1. The molecule has 7 atom stereocenters. The van der Waals surface area contributed by atoms with E-state index >= 15 is 0 Å². The van der Waals surface area contributed by atoms with Crippen molar-refractivity contribution in [1.29, 1.82) is 0 Å². The summed E-state index contributed by atoms with van der Waals surface area (Å²) in [5, 5.41) is 1.52. The normalized spacial score (nSPS) is 44.0. The summed E-state index contributed by atoms with van der Waals surface area (Å²) >= 11 is 0. The Kier molecular flexibility index (Phi) is 5.87. The number of fused-ring (bicyclic) bond motifs is 5. The van der Waals surface area contributed by atoms with Crippen molar-refractivity contribution in [3.05, 3.63) is 30.3 Å². The van der Waals surface area contributed by atoms with Crippen LogP contribution in [-0.2, 0) is 4.79 Å². The Morgan fingerprint density at radius 1 is 0.765 bits per heavy atom. The Bertz CT molecular complexity index is 934. The van der Waals surface area contributed by atoms with Crippen molar-refractivity contribution >= 4 is 19.0 Å². The molecule has 1 aromatic rings. The molecule has 4 aliphatic carbocycles. The van der Waals surface area contributed by atoms with E-state index in [1.807, 2.05) is 0 Å². The van der Waals surface area contributed by atoms with E-state index in [2.05, 4.69) is 78.0 Å². The van der Waals surface area contributed by atoms with Gasteiger partial charge in [0.15, 0.2) is 0 Å². The predicted molar refractivity (Wildman–Crippen MR) is 147 cm³/mol. The van der Waals surface area contributed by atoms with Crippen LogP contribution in [0.4, 0.5) is 0 Å². The average Bonchev–Trinajstić information content (AvgIpc) is 2.76. The highest BCUT2D eigenvalue weighted by atomic mass is 28.3. The number of rotatable bonds is 3. The zero-order valence-electron chi connectivity index (χ0n) is 23.2. The SMILES string of the molecule is CC1(C)CCC[C@]2(C)[C@H]3CC[C@@]4(C)[C@@H](CCC(=O)[C@@H]4C[Si](C)(C)c4ccccc4)[C@]3(C)CC[C@@H]12. The number of hydrogen-bond acceptors (Lipinski definition) is 1. The maximum absolute atomic E-state index is 13.6. The van der Waals surface area contributed by atoms with Crippen molar-refractivity contribution in [2.45, 2.75) is 112 Å². The lowest BCUT2D eigenvalue weighted by molar-refractivity contribution is -0.206. The van der Waals surface area contributed by atoms with Crippen LogP contribution in [-0.4, -0.2) is 13.9 Å². The molecule has 4 aliphatic rings. The molecular formula is C32H50OSi. The van der Waals surface area contributed by atoms with E-state index in [1.165, 1.54) is 50.1 Å². The lowest BCUT2D eigenvalue weighted by atomic mass is 9.35. The number of carbonyl (C=O) groups is 1. The van der Waals surface area contributed by atoms with E-state index in [1.54, 1.807) is 0 Å². The van der Waals surface area contributed by atoms with Gasteiger partial charge in [0.2, 0.25) is 0 Å². The molecule has 0 radical (unpaired) electrons. The first-order chi connectivity index (χ1) is 15.8. The first kappa shape index (κ1) is 24.8. The van der Waals surface area contributed by atoms with Crippen LogP contribution in [0.1, 0.15) is 92.4 Å². The van der Waals surface area contributed by atoms with Crippen LogP contribution in [0.15, 0.2) is 30.3 Å². The molecule has 4 fully saturated rings. The van der Waals surface area contributed by atoms with Gasteiger partial charge < -0.3 is 0 Å². The van der Waals surface area contributed by atoms with Crippen LogP contribution in [0.25, 0.3) is 0 Å². The molecule has 1 aromatic carbocycles. The summed E-state index contributed by atoms with van der Waals surface area (Å²) in [6.07, 6.45) is 11.7. The molecule has 1 nitrogen and oxygen atoms in total. The fourth-order valence-corrected chi connectivity index (χ4v) is 14.0. The van der Waals surface area contributed by atoms with Gasteiger partial charge in [-0.2, -0.15) is 0 Å². The second-order valence-corrected chi connectivity index (χ2v) is 19.9. The molecule has 0 saturated heterocycles. The van der Waals surface area contributed by atoms with Crippen LogP contribution >= 0.6 is 0 Å². The first-order valence-corrected chi connectivity index (χ1v) is 17.6. The van der Waals surface area contributed by atoms with Gasteiger partial charge >= 0.3 is 0 Å². The summed E-state index contributed by atoms with van der Waals surface area (Å²) < 4.78 is 0. The van der Waals surface area contributed by atoms with E-state index in [9.17, 15) is 4.79 Å². The quantitative estimate of drug-likeness (QED) is 0.400. The highest BCUT2D eigenvalue weighted by Crippen LogP contribution is 2.73. The van der Waals surface area contributed by atoms with Gasteiger partial charge in [0, 0.05) is 12.3 Å².